The van der Waals surface area contributed by atoms with Crippen LogP contribution in [0.2, 0.25) is 0 Å². The molecule has 27 heavy (non-hydrogen) atoms. The Labute approximate surface area is 154 Å². The maximum Gasteiger partial charge on any atom is 0.347 e. The normalized spacial score (nSPS) is 15.6. The molecule has 0 saturated carbocycles. The first kappa shape index (κ1) is 16.8. The van der Waals surface area contributed by atoms with E-state index in [1.54, 1.807) is 6.92 Å². The van der Waals surface area contributed by atoms with Crippen LogP contribution in [0.4, 0.5) is 5.69 Å². The number of aliphatic carboxylic acids is 1. The Morgan fingerprint density at radius 3 is 2.74 bits per heavy atom. The molecule has 0 saturated heterocycles. The van der Waals surface area contributed by atoms with Gasteiger partial charge < -0.3 is 20.0 Å². The second-order valence-electron chi connectivity index (χ2n) is 6.15. The Kier molecular flexibility index (Phi) is 4.12. The molecule has 0 spiro atoms. The first-order chi connectivity index (χ1) is 13.1. The van der Waals surface area contributed by atoms with Gasteiger partial charge in [0.1, 0.15) is 11.4 Å². The van der Waals surface area contributed by atoms with Crippen LogP contribution in [-0.2, 0) is 9.63 Å². The predicted molar refractivity (Wildman–Crippen MR) is 102 cm³/mol. The molecule has 1 aliphatic heterocycles. The average molecular weight is 363 g/mol. The molecule has 0 amide bonds. The van der Waals surface area contributed by atoms with Crippen LogP contribution in [0.25, 0.3) is 10.9 Å². The van der Waals surface area contributed by atoms with Crippen LogP contribution in [-0.4, -0.2) is 38.7 Å². The minimum Gasteiger partial charge on any atom is -0.494 e. The molecule has 2 heterocycles. The van der Waals surface area contributed by atoms with Gasteiger partial charge >= 0.3 is 5.97 Å². The number of benzene rings is 2. The number of hydrogen-bond donors (Lipinski definition) is 3. The minimum atomic E-state index is -1.08. The summed E-state index contributed by atoms with van der Waals surface area (Å²) in [5.41, 5.74) is 3.51. The molecule has 0 aliphatic carbocycles. The fraction of sp³-hybridized carbons (Fsp3) is 0.150. The zero-order valence-corrected chi connectivity index (χ0v) is 14.5. The highest BCUT2D eigenvalue weighted by Crippen LogP contribution is 2.35. The number of oxime groups is 1. The van der Waals surface area contributed by atoms with Gasteiger partial charge in [-0.05, 0) is 18.6 Å². The topological polar surface area (TPSA) is 107 Å². The van der Waals surface area contributed by atoms with E-state index in [1.807, 2.05) is 48.5 Å². The highest BCUT2D eigenvalue weighted by atomic mass is 16.6. The molecule has 3 N–H and O–H groups in total. The van der Waals surface area contributed by atoms with Gasteiger partial charge in [-0.3, -0.25) is 0 Å². The summed E-state index contributed by atoms with van der Waals surface area (Å²) < 4.78 is 0. The zero-order valence-electron chi connectivity index (χ0n) is 14.5. The van der Waals surface area contributed by atoms with Gasteiger partial charge in [-0.15, -0.1) is 0 Å². The number of carboxylic acid groups (broad SMARTS) is 1. The van der Waals surface area contributed by atoms with Crippen molar-refractivity contribution in [1.29, 1.82) is 0 Å². The molecule has 136 valence electrons. The number of carboxylic acids is 1. The number of para-hydroxylation sites is 2. The SMILES string of the molecule is CCC(ON=C1C(c2c(O)[nH]c3ccccc23)=Nc2ccccc21)C(=O)O. The zero-order chi connectivity index (χ0) is 19.0. The summed E-state index contributed by atoms with van der Waals surface area (Å²) in [6.07, 6.45) is -0.776. The van der Waals surface area contributed by atoms with Gasteiger partial charge in [0.25, 0.3) is 0 Å². The third-order valence-electron chi connectivity index (χ3n) is 4.46. The Hall–Kier alpha value is -3.61. The minimum absolute atomic E-state index is 0.0271. The molecule has 3 aromatic rings. The third kappa shape index (κ3) is 2.83. The van der Waals surface area contributed by atoms with Crippen LogP contribution in [0.5, 0.6) is 5.88 Å². The van der Waals surface area contributed by atoms with Crippen molar-refractivity contribution in [1.82, 2.24) is 4.98 Å². The van der Waals surface area contributed by atoms with E-state index in [2.05, 4.69) is 15.1 Å². The number of aliphatic imine (C=N–C) groups is 1. The monoisotopic (exact) mass is 363 g/mol. The molecule has 4 rings (SSSR count). The van der Waals surface area contributed by atoms with Crippen LogP contribution >= 0.6 is 0 Å². The van der Waals surface area contributed by atoms with Crippen LogP contribution in [0.15, 0.2) is 58.7 Å². The summed E-state index contributed by atoms with van der Waals surface area (Å²) in [5, 5.41) is 24.6. The Morgan fingerprint density at radius 1 is 1.22 bits per heavy atom. The Morgan fingerprint density at radius 2 is 1.96 bits per heavy atom. The third-order valence-corrected chi connectivity index (χ3v) is 4.46. The van der Waals surface area contributed by atoms with Crippen LogP contribution in [0, 0.1) is 0 Å². The number of nitrogens with zero attached hydrogens (tertiary/aromatic N) is 2. The van der Waals surface area contributed by atoms with Gasteiger partial charge in [-0.2, -0.15) is 0 Å². The van der Waals surface area contributed by atoms with Gasteiger partial charge in [0.15, 0.2) is 5.88 Å². The first-order valence-corrected chi connectivity index (χ1v) is 8.55. The summed E-state index contributed by atoms with van der Waals surface area (Å²) in [6.45, 7) is 1.71. The lowest BCUT2D eigenvalue weighted by atomic mass is 10.0. The summed E-state index contributed by atoms with van der Waals surface area (Å²) in [4.78, 5) is 24.1. The van der Waals surface area contributed by atoms with E-state index in [0.29, 0.717) is 22.7 Å². The second-order valence-corrected chi connectivity index (χ2v) is 6.15. The van der Waals surface area contributed by atoms with Gasteiger partial charge in [0.2, 0.25) is 6.10 Å². The summed E-state index contributed by atoms with van der Waals surface area (Å²) in [7, 11) is 0. The summed E-state index contributed by atoms with van der Waals surface area (Å²) in [5.74, 6) is -1.11. The summed E-state index contributed by atoms with van der Waals surface area (Å²) >= 11 is 0. The highest BCUT2D eigenvalue weighted by Gasteiger charge is 2.29. The first-order valence-electron chi connectivity index (χ1n) is 8.55. The van der Waals surface area contributed by atoms with E-state index in [1.165, 1.54) is 0 Å². The van der Waals surface area contributed by atoms with Crippen LogP contribution in [0.3, 0.4) is 0 Å². The van der Waals surface area contributed by atoms with Crippen molar-refractivity contribution in [3.63, 3.8) is 0 Å². The number of aromatic amines is 1. The molecule has 0 fully saturated rings. The van der Waals surface area contributed by atoms with E-state index in [9.17, 15) is 15.0 Å². The smallest absolute Gasteiger partial charge is 0.347 e. The van der Waals surface area contributed by atoms with Crippen molar-refractivity contribution >= 4 is 34.0 Å². The molecule has 7 heteroatoms. The van der Waals surface area contributed by atoms with E-state index in [0.717, 1.165) is 16.5 Å². The molecule has 2 aromatic carbocycles. The Balaban J connectivity index is 1.86. The number of aromatic nitrogens is 1. The van der Waals surface area contributed by atoms with Crippen molar-refractivity contribution in [2.24, 2.45) is 10.1 Å². The standard InChI is InChI=1S/C20H17N3O4/c1-2-15(20(25)26)27-23-17-12-8-4-6-10-14(12)21-18(17)16-11-7-3-5-9-13(11)22-19(16)24/h3-10,15,22,24H,2H2,1H3,(H,25,26). The van der Waals surface area contributed by atoms with Crippen molar-refractivity contribution in [3.8, 4) is 5.88 Å². The molecule has 0 radical (unpaired) electrons. The number of aromatic hydroxyl groups is 1. The van der Waals surface area contributed by atoms with Gasteiger partial charge in [0, 0.05) is 16.5 Å². The fourth-order valence-electron chi connectivity index (χ4n) is 3.12. The average Bonchev–Trinajstić information content (AvgIpc) is 3.18. The van der Waals surface area contributed by atoms with Crippen molar-refractivity contribution in [2.45, 2.75) is 19.4 Å². The Bertz CT molecular complexity index is 1100. The van der Waals surface area contributed by atoms with Crippen molar-refractivity contribution < 1.29 is 19.8 Å². The molecule has 1 aromatic heterocycles. The molecular formula is C20H17N3O4. The molecule has 1 aliphatic rings. The van der Waals surface area contributed by atoms with E-state index in [-0.39, 0.29) is 12.3 Å². The fourth-order valence-corrected chi connectivity index (χ4v) is 3.12. The maximum atomic E-state index is 11.3. The van der Waals surface area contributed by atoms with E-state index in [4.69, 9.17) is 4.84 Å². The molecule has 0 bridgehead atoms. The maximum absolute atomic E-state index is 11.3. The molecular weight excluding hydrogens is 346 g/mol. The second kappa shape index (κ2) is 6.60. The number of carbonyl (C=O) groups is 1. The lowest BCUT2D eigenvalue weighted by Gasteiger charge is -2.09. The molecule has 1 atom stereocenters. The van der Waals surface area contributed by atoms with E-state index >= 15 is 0 Å². The predicted octanol–water partition coefficient (Wildman–Crippen LogP) is 3.59. The number of fused-ring (bicyclic) bond motifs is 2. The molecule has 1 unspecified atom stereocenters. The van der Waals surface area contributed by atoms with Gasteiger partial charge in [-0.25, -0.2) is 9.79 Å². The van der Waals surface area contributed by atoms with Crippen LogP contribution < -0.4 is 0 Å². The van der Waals surface area contributed by atoms with Gasteiger partial charge in [-0.1, -0.05) is 48.5 Å². The quantitative estimate of drug-likeness (QED) is 0.602. The number of rotatable bonds is 5. The number of H-pyrrole nitrogens is 1. The largest absolute Gasteiger partial charge is 0.494 e. The van der Waals surface area contributed by atoms with Crippen molar-refractivity contribution in [2.75, 3.05) is 0 Å². The van der Waals surface area contributed by atoms with Crippen molar-refractivity contribution in [3.05, 3.63) is 59.7 Å². The highest BCUT2D eigenvalue weighted by molar-refractivity contribution is 6.58. The van der Waals surface area contributed by atoms with Crippen LogP contribution in [0.1, 0.15) is 24.5 Å². The lowest BCUT2D eigenvalue weighted by Crippen LogP contribution is -2.22. The van der Waals surface area contributed by atoms with Gasteiger partial charge in [0.05, 0.1) is 11.3 Å². The lowest BCUT2D eigenvalue weighted by molar-refractivity contribution is -0.150. The molecule has 7 nitrogen and oxygen atoms in total. The summed E-state index contributed by atoms with van der Waals surface area (Å²) in [6, 6.07) is 14.8. The number of hydrogen-bond acceptors (Lipinski definition) is 5. The number of nitrogens with one attached hydrogen (secondary N) is 1. The van der Waals surface area contributed by atoms with E-state index < -0.39 is 12.1 Å².